The van der Waals surface area contributed by atoms with Gasteiger partial charge in [0.1, 0.15) is 0 Å². The number of H-pyrrole nitrogens is 1. The molecule has 0 atom stereocenters. The standard InChI is InChI=1S/C21H22N2O/c24-21-19-8-4-3-7-18(19)20(15-22-21)16-9-11-17(12-10-16)23-13-5-1-2-6-14-23/h3-4,7-12,15H,1-2,5-6,13-14H2,(H,22,24). The van der Waals surface area contributed by atoms with Crippen LogP contribution in [-0.2, 0) is 0 Å². The van der Waals surface area contributed by atoms with Gasteiger partial charge in [0, 0.05) is 35.9 Å². The van der Waals surface area contributed by atoms with Crippen molar-refractivity contribution in [2.45, 2.75) is 25.7 Å². The van der Waals surface area contributed by atoms with Crippen LogP contribution in [0.5, 0.6) is 0 Å². The summed E-state index contributed by atoms with van der Waals surface area (Å²) < 4.78 is 0. The van der Waals surface area contributed by atoms with Crippen molar-refractivity contribution in [1.29, 1.82) is 0 Å². The van der Waals surface area contributed by atoms with Gasteiger partial charge in [-0.25, -0.2) is 0 Å². The quantitative estimate of drug-likeness (QED) is 0.751. The summed E-state index contributed by atoms with van der Waals surface area (Å²) in [5.41, 5.74) is 3.48. The molecule has 1 aromatic heterocycles. The molecule has 1 aliphatic rings. The Labute approximate surface area is 141 Å². The maximum atomic E-state index is 12.0. The van der Waals surface area contributed by atoms with Crippen LogP contribution in [0, 0.1) is 0 Å². The first-order valence-electron chi connectivity index (χ1n) is 8.79. The van der Waals surface area contributed by atoms with Gasteiger partial charge >= 0.3 is 0 Å². The topological polar surface area (TPSA) is 36.1 Å². The van der Waals surface area contributed by atoms with Crippen LogP contribution in [0.2, 0.25) is 0 Å². The second-order valence-corrected chi connectivity index (χ2v) is 6.53. The fraction of sp³-hybridized carbons (Fsp3) is 0.286. The zero-order valence-electron chi connectivity index (χ0n) is 13.8. The summed E-state index contributed by atoms with van der Waals surface area (Å²) in [6, 6.07) is 16.5. The maximum absolute atomic E-state index is 12.0. The number of rotatable bonds is 2. The second kappa shape index (κ2) is 6.52. The molecule has 0 amide bonds. The van der Waals surface area contributed by atoms with Crippen LogP contribution in [0.25, 0.3) is 21.9 Å². The summed E-state index contributed by atoms with van der Waals surface area (Å²) in [6.07, 6.45) is 7.08. The third-order valence-electron chi connectivity index (χ3n) is 4.96. The van der Waals surface area contributed by atoms with Crippen LogP contribution in [0.4, 0.5) is 5.69 Å². The van der Waals surface area contributed by atoms with E-state index < -0.39 is 0 Å². The molecule has 0 unspecified atom stereocenters. The highest BCUT2D eigenvalue weighted by Gasteiger charge is 2.11. The molecule has 1 aliphatic heterocycles. The predicted octanol–water partition coefficient (Wildman–Crippen LogP) is 4.58. The Morgan fingerprint density at radius 3 is 2.17 bits per heavy atom. The minimum Gasteiger partial charge on any atom is -0.372 e. The highest BCUT2D eigenvalue weighted by molar-refractivity contribution is 5.95. The average Bonchev–Trinajstić information content (AvgIpc) is 2.92. The van der Waals surface area contributed by atoms with Gasteiger partial charge in [0.05, 0.1) is 0 Å². The molecule has 3 aromatic rings. The zero-order chi connectivity index (χ0) is 16.4. The molecule has 1 fully saturated rings. The lowest BCUT2D eigenvalue weighted by Crippen LogP contribution is -2.23. The third-order valence-corrected chi connectivity index (χ3v) is 4.96. The summed E-state index contributed by atoms with van der Waals surface area (Å²) in [7, 11) is 0. The predicted molar refractivity (Wildman–Crippen MR) is 101 cm³/mol. The van der Waals surface area contributed by atoms with Gasteiger partial charge in [-0.1, -0.05) is 43.2 Å². The zero-order valence-corrected chi connectivity index (χ0v) is 13.8. The van der Waals surface area contributed by atoms with Gasteiger partial charge in [0.25, 0.3) is 5.56 Å². The average molecular weight is 318 g/mol. The van der Waals surface area contributed by atoms with E-state index in [0.717, 1.165) is 35.0 Å². The van der Waals surface area contributed by atoms with Gasteiger partial charge in [-0.05, 0) is 42.0 Å². The molecule has 3 heteroatoms. The first-order chi connectivity index (χ1) is 11.8. The summed E-state index contributed by atoms with van der Waals surface area (Å²) in [4.78, 5) is 17.3. The Morgan fingerprint density at radius 1 is 0.792 bits per heavy atom. The van der Waals surface area contributed by atoms with Crippen molar-refractivity contribution in [3.63, 3.8) is 0 Å². The highest BCUT2D eigenvalue weighted by Crippen LogP contribution is 2.28. The van der Waals surface area contributed by atoms with Gasteiger partial charge in [-0.15, -0.1) is 0 Å². The smallest absolute Gasteiger partial charge is 0.255 e. The molecule has 4 rings (SSSR count). The van der Waals surface area contributed by atoms with Crippen LogP contribution in [0.1, 0.15) is 25.7 Å². The molecular formula is C21H22N2O. The van der Waals surface area contributed by atoms with E-state index in [1.54, 1.807) is 0 Å². The fourth-order valence-corrected chi connectivity index (χ4v) is 3.63. The number of hydrogen-bond donors (Lipinski definition) is 1. The van der Waals surface area contributed by atoms with Crippen molar-refractivity contribution < 1.29 is 0 Å². The monoisotopic (exact) mass is 318 g/mol. The number of aromatic amines is 1. The molecule has 0 spiro atoms. The van der Waals surface area contributed by atoms with E-state index in [9.17, 15) is 4.79 Å². The van der Waals surface area contributed by atoms with Crippen LogP contribution >= 0.6 is 0 Å². The van der Waals surface area contributed by atoms with Crippen LogP contribution in [0.15, 0.2) is 59.5 Å². The Morgan fingerprint density at radius 2 is 1.46 bits per heavy atom. The van der Waals surface area contributed by atoms with Crippen LogP contribution < -0.4 is 10.5 Å². The van der Waals surface area contributed by atoms with Gasteiger partial charge in [0.15, 0.2) is 0 Å². The highest BCUT2D eigenvalue weighted by atomic mass is 16.1. The van der Waals surface area contributed by atoms with Crippen molar-refractivity contribution in [1.82, 2.24) is 4.98 Å². The lowest BCUT2D eigenvalue weighted by Gasteiger charge is -2.22. The first kappa shape index (κ1) is 15.0. The second-order valence-electron chi connectivity index (χ2n) is 6.53. The number of anilines is 1. The number of benzene rings is 2. The molecule has 0 aliphatic carbocycles. The number of nitrogens with zero attached hydrogens (tertiary/aromatic N) is 1. The Bertz CT molecular complexity index is 888. The number of hydrogen-bond acceptors (Lipinski definition) is 2. The molecule has 1 saturated heterocycles. The molecule has 1 N–H and O–H groups in total. The normalized spacial score (nSPS) is 15.4. The van der Waals surface area contributed by atoms with Gasteiger partial charge in [-0.3, -0.25) is 4.79 Å². The van der Waals surface area contributed by atoms with Crippen molar-refractivity contribution in [3.05, 3.63) is 65.1 Å². The largest absolute Gasteiger partial charge is 0.372 e. The minimum atomic E-state index is -0.0319. The molecular weight excluding hydrogens is 296 g/mol. The minimum absolute atomic E-state index is 0.0319. The Balaban J connectivity index is 1.71. The summed E-state index contributed by atoms with van der Waals surface area (Å²) in [5, 5.41) is 1.75. The lowest BCUT2D eigenvalue weighted by atomic mass is 10.0. The Hall–Kier alpha value is -2.55. The van der Waals surface area contributed by atoms with E-state index in [4.69, 9.17) is 0 Å². The van der Waals surface area contributed by atoms with Crippen LogP contribution in [-0.4, -0.2) is 18.1 Å². The molecule has 0 radical (unpaired) electrons. The number of aromatic nitrogens is 1. The van der Waals surface area contributed by atoms with E-state index in [1.807, 2.05) is 30.5 Å². The van der Waals surface area contributed by atoms with E-state index in [0.29, 0.717) is 0 Å². The van der Waals surface area contributed by atoms with Gasteiger partial charge < -0.3 is 9.88 Å². The molecule has 2 heterocycles. The fourth-order valence-electron chi connectivity index (χ4n) is 3.63. The lowest BCUT2D eigenvalue weighted by molar-refractivity contribution is 0.726. The van der Waals surface area contributed by atoms with Crippen LogP contribution in [0.3, 0.4) is 0 Å². The van der Waals surface area contributed by atoms with E-state index in [-0.39, 0.29) is 5.56 Å². The summed E-state index contributed by atoms with van der Waals surface area (Å²) >= 11 is 0. The van der Waals surface area contributed by atoms with Gasteiger partial charge in [0.2, 0.25) is 0 Å². The third kappa shape index (κ3) is 2.82. The van der Waals surface area contributed by atoms with E-state index in [1.165, 1.54) is 31.4 Å². The number of fused-ring (bicyclic) bond motifs is 1. The Kier molecular flexibility index (Phi) is 4.08. The molecule has 24 heavy (non-hydrogen) atoms. The van der Waals surface area contributed by atoms with Crippen molar-refractivity contribution in [3.8, 4) is 11.1 Å². The van der Waals surface area contributed by atoms with Crippen molar-refractivity contribution in [2.75, 3.05) is 18.0 Å². The summed E-state index contributed by atoms with van der Waals surface area (Å²) in [6.45, 7) is 2.31. The van der Waals surface area contributed by atoms with Gasteiger partial charge in [-0.2, -0.15) is 0 Å². The van der Waals surface area contributed by atoms with Crippen molar-refractivity contribution in [2.24, 2.45) is 0 Å². The number of nitrogens with one attached hydrogen (secondary N) is 1. The molecule has 0 saturated carbocycles. The molecule has 122 valence electrons. The maximum Gasteiger partial charge on any atom is 0.255 e. The molecule has 3 nitrogen and oxygen atoms in total. The van der Waals surface area contributed by atoms with E-state index >= 15 is 0 Å². The van der Waals surface area contributed by atoms with E-state index in [2.05, 4.69) is 34.1 Å². The first-order valence-corrected chi connectivity index (χ1v) is 8.79. The number of pyridine rings is 1. The van der Waals surface area contributed by atoms with Crippen molar-refractivity contribution >= 4 is 16.5 Å². The molecule has 2 aromatic carbocycles. The molecule has 0 bridgehead atoms. The summed E-state index contributed by atoms with van der Waals surface area (Å²) in [5.74, 6) is 0. The SMILES string of the molecule is O=c1[nH]cc(-c2ccc(N3CCCCCC3)cc2)c2ccccc12.